The van der Waals surface area contributed by atoms with Crippen LogP contribution in [0.3, 0.4) is 0 Å². The van der Waals surface area contributed by atoms with Crippen molar-refractivity contribution >= 4 is 12.1 Å². The highest BCUT2D eigenvalue weighted by Gasteiger charge is 2.21. The molecule has 1 fully saturated rings. The van der Waals surface area contributed by atoms with Crippen LogP contribution in [0.5, 0.6) is 0 Å². The average molecular weight is 234 g/mol. The fourth-order valence-corrected chi connectivity index (χ4v) is 1.66. The summed E-state index contributed by atoms with van der Waals surface area (Å²) in [6.45, 7) is 2.31. The maximum atomic E-state index is 10.9. The molecule has 0 bridgehead atoms. The van der Waals surface area contributed by atoms with Crippen molar-refractivity contribution in [3.05, 3.63) is 23.9 Å². The van der Waals surface area contributed by atoms with Gasteiger partial charge in [0.2, 0.25) is 0 Å². The number of hydrogen-bond donors (Lipinski definition) is 0. The molecule has 1 saturated carbocycles. The third kappa shape index (κ3) is 3.53. The second-order valence-electron chi connectivity index (χ2n) is 4.47. The molecule has 92 valence electrons. The highest BCUT2D eigenvalue weighted by atomic mass is 16.5. The largest absolute Gasteiger partial charge is 0.379 e. The number of carbonyl (C=O) groups is 1. The first-order valence-electron chi connectivity index (χ1n) is 6.00. The third-order valence-corrected chi connectivity index (χ3v) is 2.93. The molecule has 0 unspecified atom stereocenters. The fraction of sp³-hybridized carbons (Fsp3) is 0.538. The zero-order valence-electron chi connectivity index (χ0n) is 10.1. The molecule has 0 amide bonds. The molecule has 1 aliphatic rings. The summed E-state index contributed by atoms with van der Waals surface area (Å²) >= 11 is 0. The summed E-state index contributed by atoms with van der Waals surface area (Å²) in [4.78, 5) is 17.0. The number of anilines is 1. The molecule has 1 aliphatic carbocycles. The number of aromatic nitrogens is 1. The molecule has 17 heavy (non-hydrogen) atoms. The lowest BCUT2D eigenvalue weighted by molar-refractivity contribution is 0.112. The minimum absolute atomic E-state index is 0.622. The Morgan fingerprint density at radius 1 is 1.59 bits per heavy atom. The van der Waals surface area contributed by atoms with Gasteiger partial charge in [-0.05, 0) is 30.9 Å². The van der Waals surface area contributed by atoms with Gasteiger partial charge in [-0.2, -0.15) is 0 Å². The fourth-order valence-electron chi connectivity index (χ4n) is 1.66. The maximum absolute atomic E-state index is 10.9. The van der Waals surface area contributed by atoms with Crippen LogP contribution < -0.4 is 4.90 Å². The number of carbonyl (C=O) groups excluding carboxylic acids is 1. The Morgan fingerprint density at radius 2 is 2.41 bits per heavy atom. The summed E-state index contributed by atoms with van der Waals surface area (Å²) in [6, 6.07) is 3.54. The van der Waals surface area contributed by atoms with Crippen molar-refractivity contribution < 1.29 is 9.53 Å². The van der Waals surface area contributed by atoms with Gasteiger partial charge in [-0.25, -0.2) is 4.98 Å². The molecule has 1 aromatic heterocycles. The number of hydrogen-bond acceptors (Lipinski definition) is 4. The predicted molar refractivity (Wildman–Crippen MR) is 66.4 cm³/mol. The molecule has 2 rings (SSSR count). The number of aldehydes is 1. The number of nitrogens with zero attached hydrogens (tertiary/aromatic N) is 2. The second kappa shape index (κ2) is 5.77. The zero-order valence-corrected chi connectivity index (χ0v) is 10.1. The minimum Gasteiger partial charge on any atom is -0.379 e. The Hall–Kier alpha value is -1.42. The summed E-state index contributed by atoms with van der Waals surface area (Å²) in [5.41, 5.74) is 0.622. The van der Waals surface area contributed by atoms with E-state index < -0.39 is 0 Å². The SMILES string of the molecule is CN(CCOCC1CC1)c1ncccc1C=O. The first-order chi connectivity index (χ1) is 8.31. The van der Waals surface area contributed by atoms with Crippen molar-refractivity contribution in [1.82, 2.24) is 4.98 Å². The minimum atomic E-state index is 0.622. The van der Waals surface area contributed by atoms with Crippen LogP contribution in [0, 0.1) is 5.92 Å². The van der Waals surface area contributed by atoms with E-state index in [1.165, 1.54) is 12.8 Å². The van der Waals surface area contributed by atoms with Crippen LogP contribution in [-0.2, 0) is 4.74 Å². The molecular formula is C13H18N2O2. The van der Waals surface area contributed by atoms with Crippen molar-refractivity contribution in [2.75, 3.05) is 31.7 Å². The summed E-state index contributed by atoms with van der Waals surface area (Å²) in [5.74, 6) is 1.51. The van der Waals surface area contributed by atoms with Gasteiger partial charge in [0, 0.05) is 26.4 Å². The topological polar surface area (TPSA) is 42.4 Å². The first-order valence-corrected chi connectivity index (χ1v) is 6.00. The van der Waals surface area contributed by atoms with Crippen LogP contribution in [0.2, 0.25) is 0 Å². The van der Waals surface area contributed by atoms with Crippen LogP contribution in [0.25, 0.3) is 0 Å². The van der Waals surface area contributed by atoms with Crippen molar-refractivity contribution in [2.24, 2.45) is 5.92 Å². The standard InChI is InChI=1S/C13H18N2O2/c1-15(7-8-17-10-11-4-5-11)13-12(9-16)3-2-6-14-13/h2-3,6,9,11H,4-5,7-8,10H2,1H3. The molecule has 4 heteroatoms. The Morgan fingerprint density at radius 3 is 3.12 bits per heavy atom. The Kier molecular flexibility index (Phi) is 4.09. The number of pyridine rings is 1. The highest BCUT2D eigenvalue weighted by Crippen LogP contribution is 2.28. The van der Waals surface area contributed by atoms with E-state index in [-0.39, 0.29) is 0 Å². The van der Waals surface area contributed by atoms with Gasteiger partial charge in [0.25, 0.3) is 0 Å². The number of rotatable bonds is 7. The summed E-state index contributed by atoms with van der Waals surface area (Å²) < 4.78 is 5.57. The van der Waals surface area contributed by atoms with E-state index in [4.69, 9.17) is 4.74 Å². The van der Waals surface area contributed by atoms with Crippen LogP contribution in [0.15, 0.2) is 18.3 Å². The first kappa shape index (κ1) is 12.0. The van der Waals surface area contributed by atoms with E-state index in [1.54, 1.807) is 18.3 Å². The van der Waals surface area contributed by atoms with Gasteiger partial charge in [0.15, 0.2) is 6.29 Å². The lowest BCUT2D eigenvalue weighted by Crippen LogP contribution is -2.25. The molecule has 0 atom stereocenters. The van der Waals surface area contributed by atoms with Gasteiger partial charge in [-0.15, -0.1) is 0 Å². The van der Waals surface area contributed by atoms with E-state index in [0.29, 0.717) is 12.2 Å². The van der Waals surface area contributed by atoms with Crippen LogP contribution in [0.1, 0.15) is 23.2 Å². The summed E-state index contributed by atoms with van der Waals surface area (Å²) in [7, 11) is 1.93. The van der Waals surface area contributed by atoms with Crippen LogP contribution in [-0.4, -0.2) is 38.1 Å². The molecule has 0 spiro atoms. The van der Waals surface area contributed by atoms with Crippen LogP contribution in [0.4, 0.5) is 5.82 Å². The van der Waals surface area contributed by atoms with Crippen molar-refractivity contribution in [1.29, 1.82) is 0 Å². The lowest BCUT2D eigenvalue weighted by Gasteiger charge is -2.19. The third-order valence-electron chi connectivity index (χ3n) is 2.93. The second-order valence-corrected chi connectivity index (χ2v) is 4.47. The maximum Gasteiger partial charge on any atom is 0.153 e. The smallest absolute Gasteiger partial charge is 0.153 e. The van der Waals surface area contributed by atoms with Gasteiger partial charge in [0.1, 0.15) is 5.82 Å². The zero-order chi connectivity index (χ0) is 12.1. The molecule has 1 aromatic rings. The van der Waals surface area contributed by atoms with Gasteiger partial charge >= 0.3 is 0 Å². The summed E-state index contributed by atoms with van der Waals surface area (Å²) in [6.07, 6.45) is 5.16. The number of likely N-dealkylation sites (N-methyl/N-ethyl adjacent to an activating group) is 1. The molecule has 0 radical (unpaired) electrons. The van der Waals surface area contributed by atoms with E-state index in [1.807, 2.05) is 11.9 Å². The normalized spacial score (nSPS) is 14.6. The van der Waals surface area contributed by atoms with Gasteiger partial charge in [-0.1, -0.05) is 0 Å². The van der Waals surface area contributed by atoms with Gasteiger partial charge in [-0.3, -0.25) is 4.79 Å². The van der Waals surface area contributed by atoms with Crippen molar-refractivity contribution in [3.63, 3.8) is 0 Å². The van der Waals surface area contributed by atoms with Crippen LogP contribution >= 0.6 is 0 Å². The molecule has 0 saturated heterocycles. The Labute approximate surface area is 102 Å². The van der Waals surface area contributed by atoms with Gasteiger partial charge < -0.3 is 9.64 Å². The van der Waals surface area contributed by atoms with Gasteiger partial charge in [0.05, 0.1) is 12.2 Å². The molecule has 0 aromatic carbocycles. The Bertz CT molecular complexity index is 377. The predicted octanol–water partition coefficient (Wildman–Crippen LogP) is 1.76. The van der Waals surface area contributed by atoms with E-state index in [0.717, 1.165) is 31.2 Å². The number of ether oxygens (including phenoxy) is 1. The highest BCUT2D eigenvalue weighted by molar-refractivity contribution is 5.82. The molecule has 1 heterocycles. The van der Waals surface area contributed by atoms with E-state index in [9.17, 15) is 4.79 Å². The van der Waals surface area contributed by atoms with Crippen molar-refractivity contribution in [2.45, 2.75) is 12.8 Å². The lowest BCUT2D eigenvalue weighted by atomic mass is 10.2. The summed E-state index contributed by atoms with van der Waals surface area (Å²) in [5, 5.41) is 0. The van der Waals surface area contributed by atoms with Crippen molar-refractivity contribution in [3.8, 4) is 0 Å². The molecular weight excluding hydrogens is 216 g/mol. The molecule has 4 nitrogen and oxygen atoms in total. The van der Waals surface area contributed by atoms with E-state index >= 15 is 0 Å². The molecule has 0 N–H and O–H groups in total. The molecule has 0 aliphatic heterocycles. The average Bonchev–Trinajstić information content (AvgIpc) is 3.18. The quantitative estimate of drug-likeness (QED) is 0.532. The Balaban J connectivity index is 1.80. The van der Waals surface area contributed by atoms with E-state index in [2.05, 4.69) is 4.98 Å². The monoisotopic (exact) mass is 234 g/mol.